The minimum Gasteiger partial charge on any atom is -0.339 e. The Morgan fingerprint density at radius 2 is 2.20 bits per heavy atom. The van der Waals surface area contributed by atoms with E-state index in [9.17, 15) is 9.59 Å². The van der Waals surface area contributed by atoms with E-state index in [0.29, 0.717) is 37.0 Å². The molecule has 1 atom stereocenters. The molecule has 2 amide bonds. The molecule has 0 fully saturated rings. The Kier molecular flexibility index (Phi) is 4.82. The molecule has 0 aromatic carbocycles. The summed E-state index contributed by atoms with van der Waals surface area (Å²) < 4.78 is 6.96. The quantitative estimate of drug-likeness (QED) is 0.868. The highest BCUT2D eigenvalue weighted by Crippen LogP contribution is 2.15. The van der Waals surface area contributed by atoms with Crippen molar-refractivity contribution in [3.63, 3.8) is 0 Å². The van der Waals surface area contributed by atoms with E-state index in [4.69, 9.17) is 4.52 Å². The van der Waals surface area contributed by atoms with Crippen LogP contribution >= 0.6 is 0 Å². The maximum absolute atomic E-state index is 12.4. The summed E-state index contributed by atoms with van der Waals surface area (Å²) in [4.78, 5) is 29.9. The molecule has 9 heteroatoms. The van der Waals surface area contributed by atoms with Gasteiger partial charge in [-0.2, -0.15) is 10.1 Å². The normalized spacial score (nSPS) is 14.9. The Balaban J connectivity index is 1.66. The first-order valence-electron chi connectivity index (χ1n) is 8.43. The highest BCUT2D eigenvalue weighted by atomic mass is 16.5. The first-order valence-corrected chi connectivity index (χ1v) is 8.43. The topological polar surface area (TPSA) is 106 Å². The second-order valence-corrected chi connectivity index (χ2v) is 6.18. The van der Waals surface area contributed by atoms with Crippen LogP contribution in [0.1, 0.15) is 61.1 Å². The number of carbonyl (C=O) groups excluding carboxylic acids is 2. The fourth-order valence-electron chi connectivity index (χ4n) is 2.75. The summed E-state index contributed by atoms with van der Waals surface area (Å²) in [7, 11) is 0. The van der Waals surface area contributed by atoms with E-state index in [-0.39, 0.29) is 11.8 Å². The van der Waals surface area contributed by atoms with Crippen LogP contribution < -0.4 is 5.32 Å². The molecule has 0 saturated carbocycles. The number of rotatable bonds is 5. The number of nitrogens with one attached hydrogen (secondary N) is 1. The Morgan fingerprint density at radius 3 is 2.92 bits per heavy atom. The SMILES string of the molecule is CCCc1noc([C@@H](C)NC(=O)c2cc3n(n2)CCN(C(C)=O)C3)n1. The van der Waals surface area contributed by atoms with Gasteiger partial charge in [0.15, 0.2) is 11.5 Å². The van der Waals surface area contributed by atoms with Gasteiger partial charge in [-0.05, 0) is 19.4 Å². The van der Waals surface area contributed by atoms with Crippen LogP contribution in [0.25, 0.3) is 0 Å². The van der Waals surface area contributed by atoms with E-state index in [1.54, 1.807) is 29.5 Å². The molecule has 0 aliphatic carbocycles. The first kappa shape index (κ1) is 17.1. The van der Waals surface area contributed by atoms with Crippen LogP contribution in [0.2, 0.25) is 0 Å². The molecule has 9 nitrogen and oxygen atoms in total. The van der Waals surface area contributed by atoms with E-state index >= 15 is 0 Å². The van der Waals surface area contributed by atoms with Gasteiger partial charge in [0.05, 0.1) is 18.8 Å². The van der Waals surface area contributed by atoms with Crippen molar-refractivity contribution < 1.29 is 14.1 Å². The van der Waals surface area contributed by atoms with Crippen molar-refractivity contribution in [1.82, 2.24) is 30.1 Å². The van der Waals surface area contributed by atoms with Gasteiger partial charge in [0.2, 0.25) is 11.8 Å². The lowest BCUT2D eigenvalue weighted by atomic mass is 10.2. The molecular weight excluding hydrogens is 324 g/mol. The largest absolute Gasteiger partial charge is 0.339 e. The number of hydrogen-bond donors (Lipinski definition) is 1. The molecule has 1 aliphatic heterocycles. The number of fused-ring (bicyclic) bond motifs is 1. The third kappa shape index (κ3) is 3.70. The van der Waals surface area contributed by atoms with Crippen molar-refractivity contribution in [3.05, 3.63) is 29.2 Å². The molecule has 1 N–H and O–H groups in total. The predicted molar refractivity (Wildman–Crippen MR) is 87.5 cm³/mol. The van der Waals surface area contributed by atoms with Gasteiger partial charge >= 0.3 is 0 Å². The number of amides is 2. The Hall–Kier alpha value is -2.71. The summed E-state index contributed by atoms with van der Waals surface area (Å²) in [5.74, 6) is 0.731. The van der Waals surface area contributed by atoms with Crippen LogP contribution in [0.3, 0.4) is 0 Å². The van der Waals surface area contributed by atoms with Crippen molar-refractivity contribution in [2.45, 2.75) is 52.7 Å². The van der Waals surface area contributed by atoms with Crippen molar-refractivity contribution in [2.24, 2.45) is 0 Å². The number of nitrogens with zero attached hydrogens (tertiary/aromatic N) is 5. The summed E-state index contributed by atoms with van der Waals surface area (Å²) >= 11 is 0. The molecule has 2 aromatic heterocycles. The Morgan fingerprint density at radius 1 is 1.40 bits per heavy atom. The van der Waals surface area contributed by atoms with E-state index in [1.807, 2.05) is 6.92 Å². The number of aryl methyl sites for hydroxylation is 1. The highest BCUT2D eigenvalue weighted by Gasteiger charge is 2.24. The van der Waals surface area contributed by atoms with Gasteiger partial charge in [-0.1, -0.05) is 12.1 Å². The third-order valence-corrected chi connectivity index (χ3v) is 4.15. The van der Waals surface area contributed by atoms with Crippen LogP contribution in [-0.2, 0) is 24.3 Å². The van der Waals surface area contributed by atoms with E-state index in [1.165, 1.54) is 0 Å². The minimum atomic E-state index is -0.405. The summed E-state index contributed by atoms with van der Waals surface area (Å²) in [5.41, 5.74) is 1.17. The predicted octanol–water partition coefficient (Wildman–Crippen LogP) is 1.07. The Bertz CT molecular complexity index is 781. The lowest BCUT2D eigenvalue weighted by Gasteiger charge is -2.26. The maximum Gasteiger partial charge on any atom is 0.272 e. The van der Waals surface area contributed by atoms with Gasteiger partial charge < -0.3 is 14.7 Å². The van der Waals surface area contributed by atoms with Crippen LogP contribution in [0.15, 0.2) is 10.6 Å². The van der Waals surface area contributed by atoms with Gasteiger partial charge in [0.1, 0.15) is 6.04 Å². The van der Waals surface area contributed by atoms with Gasteiger partial charge in [0.25, 0.3) is 5.91 Å². The number of carbonyl (C=O) groups is 2. The molecule has 0 bridgehead atoms. The monoisotopic (exact) mass is 346 g/mol. The molecular formula is C16H22N6O3. The van der Waals surface area contributed by atoms with Crippen molar-refractivity contribution in [3.8, 4) is 0 Å². The molecule has 0 radical (unpaired) electrons. The van der Waals surface area contributed by atoms with Gasteiger partial charge in [-0.3, -0.25) is 14.3 Å². The zero-order valence-corrected chi connectivity index (χ0v) is 14.7. The van der Waals surface area contributed by atoms with E-state index < -0.39 is 6.04 Å². The fraction of sp³-hybridized carbons (Fsp3) is 0.562. The average molecular weight is 346 g/mol. The molecule has 0 spiro atoms. The lowest BCUT2D eigenvalue weighted by molar-refractivity contribution is -0.130. The second-order valence-electron chi connectivity index (χ2n) is 6.18. The third-order valence-electron chi connectivity index (χ3n) is 4.15. The maximum atomic E-state index is 12.4. The summed E-state index contributed by atoms with van der Waals surface area (Å²) in [5, 5.41) is 11.0. The molecule has 2 aromatic rings. The zero-order chi connectivity index (χ0) is 18.0. The van der Waals surface area contributed by atoms with Crippen molar-refractivity contribution in [2.75, 3.05) is 6.54 Å². The van der Waals surface area contributed by atoms with Crippen LogP contribution in [0.5, 0.6) is 0 Å². The number of aromatic nitrogens is 4. The molecule has 3 rings (SSSR count). The van der Waals surface area contributed by atoms with Crippen LogP contribution in [0, 0.1) is 0 Å². The lowest BCUT2D eigenvalue weighted by Crippen LogP contribution is -2.36. The van der Waals surface area contributed by atoms with Crippen LogP contribution in [-0.4, -0.2) is 43.2 Å². The Labute approximate surface area is 145 Å². The summed E-state index contributed by atoms with van der Waals surface area (Å²) in [6.45, 7) is 7.02. The van der Waals surface area contributed by atoms with Crippen molar-refractivity contribution >= 4 is 11.8 Å². The second kappa shape index (κ2) is 7.04. The van der Waals surface area contributed by atoms with Crippen molar-refractivity contribution in [1.29, 1.82) is 0 Å². The highest BCUT2D eigenvalue weighted by molar-refractivity contribution is 5.92. The standard InChI is InChI=1S/C16H22N6O3/c1-4-5-14-18-16(25-20-14)10(2)17-15(24)13-8-12-9-21(11(3)23)6-7-22(12)19-13/h8,10H,4-7,9H2,1-3H3,(H,17,24)/t10-/m1/s1. The van der Waals surface area contributed by atoms with Crippen LogP contribution in [0.4, 0.5) is 0 Å². The van der Waals surface area contributed by atoms with Gasteiger partial charge in [0, 0.05) is 19.9 Å². The smallest absolute Gasteiger partial charge is 0.272 e. The molecule has 134 valence electrons. The molecule has 0 saturated heterocycles. The molecule has 0 unspecified atom stereocenters. The molecule has 1 aliphatic rings. The summed E-state index contributed by atoms with van der Waals surface area (Å²) in [6, 6.07) is 1.31. The zero-order valence-electron chi connectivity index (χ0n) is 14.7. The number of hydrogen-bond acceptors (Lipinski definition) is 6. The fourth-order valence-corrected chi connectivity index (χ4v) is 2.75. The van der Waals surface area contributed by atoms with E-state index in [2.05, 4.69) is 20.6 Å². The average Bonchev–Trinajstić information content (AvgIpc) is 3.20. The van der Waals surface area contributed by atoms with E-state index in [0.717, 1.165) is 18.5 Å². The minimum absolute atomic E-state index is 0.0198. The van der Waals surface area contributed by atoms with Gasteiger partial charge in [-0.15, -0.1) is 0 Å². The first-order chi connectivity index (χ1) is 12.0. The molecule has 3 heterocycles. The summed E-state index contributed by atoms with van der Waals surface area (Å²) in [6.07, 6.45) is 1.67. The van der Waals surface area contributed by atoms with Gasteiger partial charge in [-0.25, -0.2) is 0 Å². The molecule has 25 heavy (non-hydrogen) atoms.